The minimum absolute atomic E-state index is 0.0626. The number of hydrogen-bond acceptors (Lipinski definition) is 3. The van der Waals surface area contributed by atoms with E-state index in [-0.39, 0.29) is 17.6 Å². The highest BCUT2D eigenvalue weighted by Gasteiger charge is 2.33. The number of carbonyl (C=O) groups excluding carboxylic acids is 2. The van der Waals surface area contributed by atoms with Crippen molar-refractivity contribution < 1.29 is 23.5 Å². The van der Waals surface area contributed by atoms with E-state index in [1.807, 2.05) is 37.3 Å². The molecule has 0 fully saturated rings. The van der Waals surface area contributed by atoms with Crippen molar-refractivity contribution in [2.75, 3.05) is 6.61 Å². The minimum atomic E-state index is -0.978. The first-order chi connectivity index (χ1) is 13.8. The number of rotatable bonds is 8. The molecule has 154 valence electrons. The molecule has 4 nitrogen and oxygen atoms in total. The van der Waals surface area contributed by atoms with Crippen LogP contribution in [0.4, 0.5) is 8.78 Å². The zero-order valence-electron chi connectivity index (χ0n) is 16.6. The maximum absolute atomic E-state index is 14.0. The lowest BCUT2D eigenvalue weighted by molar-refractivity contribution is -0.150. The van der Waals surface area contributed by atoms with Crippen LogP contribution in [0.1, 0.15) is 43.9 Å². The van der Waals surface area contributed by atoms with Gasteiger partial charge in [0.2, 0.25) is 11.8 Å². The van der Waals surface area contributed by atoms with Gasteiger partial charge in [0.15, 0.2) is 0 Å². The molecule has 0 spiro atoms. The van der Waals surface area contributed by atoms with Crippen molar-refractivity contribution in [1.29, 1.82) is 0 Å². The Kier molecular flexibility index (Phi) is 7.79. The minimum Gasteiger partial charge on any atom is -0.396 e. The predicted octanol–water partition coefficient (Wildman–Crippen LogP) is 4.50. The van der Waals surface area contributed by atoms with E-state index in [2.05, 4.69) is 6.58 Å². The normalized spacial score (nSPS) is 12.9. The van der Waals surface area contributed by atoms with Crippen molar-refractivity contribution in [3.8, 4) is 0 Å². The van der Waals surface area contributed by atoms with Gasteiger partial charge >= 0.3 is 0 Å². The van der Waals surface area contributed by atoms with Gasteiger partial charge in [-0.05, 0) is 36.1 Å². The number of amides is 2. The molecular weight excluding hydrogens is 376 g/mol. The van der Waals surface area contributed by atoms with Crippen molar-refractivity contribution in [3.63, 3.8) is 0 Å². The van der Waals surface area contributed by atoms with Gasteiger partial charge in [0.1, 0.15) is 11.6 Å². The molecule has 0 radical (unpaired) electrons. The Bertz CT molecular complexity index is 883. The third-order valence-corrected chi connectivity index (χ3v) is 4.83. The highest BCUT2D eigenvalue weighted by atomic mass is 19.1. The Morgan fingerprint density at radius 1 is 1.14 bits per heavy atom. The van der Waals surface area contributed by atoms with Crippen LogP contribution in [0.25, 0.3) is 5.57 Å². The number of aliphatic hydroxyl groups is 1. The van der Waals surface area contributed by atoms with Crippen LogP contribution in [0.2, 0.25) is 0 Å². The third-order valence-electron chi connectivity index (χ3n) is 4.83. The topological polar surface area (TPSA) is 57.6 Å². The van der Waals surface area contributed by atoms with Gasteiger partial charge in [-0.15, -0.1) is 0 Å². The number of hydrogen-bond donors (Lipinski definition) is 1. The SMILES string of the molecule is C=C(CC(CO)C(=O)N(C(C)=O)C(CC)c1ccccc1)c1ccc(F)cc1F. The molecule has 0 aliphatic carbocycles. The Labute approximate surface area is 169 Å². The van der Waals surface area contributed by atoms with Crippen LogP contribution in [0, 0.1) is 17.6 Å². The molecule has 1 N–H and O–H groups in total. The van der Waals surface area contributed by atoms with E-state index in [4.69, 9.17) is 0 Å². The maximum atomic E-state index is 14.0. The first kappa shape index (κ1) is 22.4. The molecule has 2 aromatic carbocycles. The monoisotopic (exact) mass is 401 g/mol. The predicted molar refractivity (Wildman–Crippen MR) is 108 cm³/mol. The molecule has 0 saturated heterocycles. The smallest absolute Gasteiger partial charge is 0.235 e. The Hall–Kier alpha value is -2.86. The lowest BCUT2D eigenvalue weighted by Crippen LogP contribution is -2.43. The second kappa shape index (κ2) is 10.1. The molecule has 0 aromatic heterocycles. The van der Waals surface area contributed by atoms with E-state index in [1.165, 1.54) is 13.0 Å². The number of nitrogens with zero attached hydrogens (tertiary/aromatic N) is 1. The fourth-order valence-corrected chi connectivity index (χ4v) is 3.38. The molecule has 0 saturated carbocycles. The molecule has 0 aliphatic heterocycles. The van der Waals surface area contributed by atoms with Gasteiger partial charge in [-0.1, -0.05) is 43.8 Å². The van der Waals surface area contributed by atoms with Crippen LogP contribution in [-0.4, -0.2) is 28.4 Å². The van der Waals surface area contributed by atoms with Gasteiger partial charge in [0, 0.05) is 18.6 Å². The summed E-state index contributed by atoms with van der Waals surface area (Å²) < 4.78 is 27.2. The van der Waals surface area contributed by atoms with Gasteiger partial charge in [0.05, 0.1) is 18.6 Å². The summed E-state index contributed by atoms with van der Waals surface area (Å²) in [4.78, 5) is 26.6. The molecule has 2 rings (SSSR count). The molecule has 0 heterocycles. The van der Waals surface area contributed by atoms with Gasteiger partial charge in [-0.25, -0.2) is 8.78 Å². The number of carbonyl (C=O) groups is 2. The van der Waals surface area contributed by atoms with Gasteiger partial charge in [-0.2, -0.15) is 0 Å². The summed E-state index contributed by atoms with van der Waals surface area (Å²) in [7, 11) is 0. The van der Waals surface area contributed by atoms with E-state index < -0.39 is 42.0 Å². The van der Waals surface area contributed by atoms with Crippen LogP contribution >= 0.6 is 0 Å². The summed E-state index contributed by atoms with van der Waals surface area (Å²) in [6, 6.07) is 11.8. The van der Waals surface area contributed by atoms with Crippen LogP contribution in [0.15, 0.2) is 55.1 Å². The van der Waals surface area contributed by atoms with Crippen molar-refractivity contribution >= 4 is 17.4 Å². The fraction of sp³-hybridized carbons (Fsp3) is 0.304. The molecule has 2 amide bonds. The van der Waals surface area contributed by atoms with E-state index in [0.29, 0.717) is 6.42 Å². The number of benzene rings is 2. The fourth-order valence-electron chi connectivity index (χ4n) is 3.38. The zero-order valence-corrected chi connectivity index (χ0v) is 16.6. The van der Waals surface area contributed by atoms with Crippen LogP contribution in [0.3, 0.4) is 0 Å². The summed E-state index contributed by atoms with van der Waals surface area (Å²) in [6.07, 6.45) is 0.438. The standard InChI is InChI=1S/C23H25F2NO3/c1-4-22(17-8-6-5-7-9-17)26(16(3)28)23(29)18(14-27)12-15(2)20-11-10-19(24)13-21(20)25/h5-11,13,18,22,27H,2,4,12,14H2,1,3H3. The second-order valence-electron chi connectivity index (χ2n) is 6.87. The van der Waals surface area contributed by atoms with Crippen molar-refractivity contribution in [2.45, 2.75) is 32.7 Å². The summed E-state index contributed by atoms with van der Waals surface area (Å²) >= 11 is 0. The summed E-state index contributed by atoms with van der Waals surface area (Å²) in [5, 5.41) is 9.81. The number of imide groups is 1. The molecule has 2 atom stereocenters. The van der Waals surface area contributed by atoms with Crippen molar-refractivity contribution in [1.82, 2.24) is 4.90 Å². The molecule has 2 aromatic rings. The maximum Gasteiger partial charge on any atom is 0.235 e. The Balaban J connectivity index is 2.28. The summed E-state index contributed by atoms with van der Waals surface area (Å²) in [5.74, 6) is -3.49. The third kappa shape index (κ3) is 5.35. The first-order valence-corrected chi connectivity index (χ1v) is 9.42. The molecular formula is C23H25F2NO3. The first-order valence-electron chi connectivity index (χ1n) is 9.42. The molecule has 0 bridgehead atoms. The van der Waals surface area contributed by atoms with Crippen LogP contribution in [-0.2, 0) is 9.59 Å². The highest BCUT2D eigenvalue weighted by molar-refractivity contribution is 5.96. The average Bonchev–Trinajstić information content (AvgIpc) is 2.69. The quantitative estimate of drug-likeness (QED) is 0.708. The van der Waals surface area contributed by atoms with Gasteiger partial charge in [-0.3, -0.25) is 14.5 Å². The van der Waals surface area contributed by atoms with Crippen LogP contribution in [0.5, 0.6) is 0 Å². The molecule has 6 heteroatoms. The van der Waals surface area contributed by atoms with E-state index in [9.17, 15) is 23.5 Å². The van der Waals surface area contributed by atoms with Crippen molar-refractivity contribution in [2.24, 2.45) is 5.92 Å². The summed E-state index contributed by atoms with van der Waals surface area (Å²) in [6.45, 7) is 6.41. The number of allylic oxidation sites excluding steroid dienone is 1. The van der Waals surface area contributed by atoms with E-state index >= 15 is 0 Å². The Morgan fingerprint density at radius 2 is 1.79 bits per heavy atom. The van der Waals surface area contributed by atoms with E-state index in [0.717, 1.165) is 22.6 Å². The lowest BCUT2D eigenvalue weighted by atomic mass is 9.93. The summed E-state index contributed by atoms with van der Waals surface area (Å²) in [5.41, 5.74) is 1.12. The van der Waals surface area contributed by atoms with Crippen LogP contribution < -0.4 is 0 Å². The molecule has 0 aliphatic rings. The lowest BCUT2D eigenvalue weighted by Gasteiger charge is -2.32. The zero-order chi connectivity index (χ0) is 21.6. The number of halogens is 2. The average molecular weight is 401 g/mol. The number of aliphatic hydroxyl groups excluding tert-OH is 1. The van der Waals surface area contributed by atoms with Gasteiger partial charge in [0.25, 0.3) is 0 Å². The second-order valence-corrected chi connectivity index (χ2v) is 6.87. The van der Waals surface area contributed by atoms with Crippen molar-refractivity contribution in [3.05, 3.63) is 77.9 Å². The highest BCUT2D eigenvalue weighted by Crippen LogP contribution is 2.30. The van der Waals surface area contributed by atoms with Gasteiger partial charge < -0.3 is 5.11 Å². The largest absolute Gasteiger partial charge is 0.396 e. The molecule has 29 heavy (non-hydrogen) atoms. The Morgan fingerprint density at radius 3 is 2.31 bits per heavy atom. The van der Waals surface area contributed by atoms with E-state index in [1.54, 1.807) is 0 Å². The molecule has 2 unspecified atom stereocenters.